The summed E-state index contributed by atoms with van der Waals surface area (Å²) in [5.74, 6) is -0.0655. The lowest BCUT2D eigenvalue weighted by Gasteiger charge is -2.07. The Labute approximate surface area is 141 Å². The standard InChI is InChI=1S/C14H13BrN2O5S/c1-3-23(19,20)14-16-8-11(15)12(17-14)13(18)22-10-6-4-9(21-2)5-7-10/h4-8H,3H2,1-2H3. The predicted molar refractivity (Wildman–Crippen MR) is 85.4 cm³/mol. The fourth-order valence-electron chi connectivity index (χ4n) is 1.57. The summed E-state index contributed by atoms with van der Waals surface area (Å²) in [7, 11) is -2.10. The summed E-state index contributed by atoms with van der Waals surface area (Å²) in [5.41, 5.74) is -0.164. The Morgan fingerprint density at radius 2 is 1.83 bits per heavy atom. The molecule has 9 heteroatoms. The zero-order valence-electron chi connectivity index (χ0n) is 12.3. The number of carbonyl (C=O) groups is 1. The molecule has 1 heterocycles. The number of esters is 1. The van der Waals surface area contributed by atoms with Crippen LogP contribution in [0.2, 0.25) is 0 Å². The number of ether oxygens (including phenoxy) is 2. The summed E-state index contributed by atoms with van der Waals surface area (Å²) in [5, 5.41) is -0.412. The molecule has 23 heavy (non-hydrogen) atoms. The lowest BCUT2D eigenvalue weighted by Crippen LogP contribution is -2.16. The number of nitrogens with zero attached hydrogens (tertiary/aromatic N) is 2. The van der Waals surface area contributed by atoms with Crippen molar-refractivity contribution in [3.63, 3.8) is 0 Å². The molecule has 0 aliphatic rings. The third-order valence-electron chi connectivity index (χ3n) is 2.84. The van der Waals surface area contributed by atoms with E-state index in [0.717, 1.165) is 0 Å². The summed E-state index contributed by atoms with van der Waals surface area (Å²) < 4.78 is 34.0. The maximum absolute atomic E-state index is 12.2. The second-order valence-electron chi connectivity index (χ2n) is 4.32. The van der Waals surface area contributed by atoms with Gasteiger partial charge in [0.15, 0.2) is 5.69 Å². The maximum atomic E-state index is 12.2. The minimum atomic E-state index is -3.62. The van der Waals surface area contributed by atoms with Crippen molar-refractivity contribution in [3.05, 3.63) is 40.6 Å². The van der Waals surface area contributed by atoms with Crippen molar-refractivity contribution >= 4 is 31.7 Å². The average molecular weight is 401 g/mol. The number of halogens is 1. The fourth-order valence-corrected chi connectivity index (χ4v) is 2.63. The average Bonchev–Trinajstić information content (AvgIpc) is 2.55. The van der Waals surface area contributed by atoms with Gasteiger partial charge in [0, 0.05) is 6.20 Å². The van der Waals surface area contributed by atoms with Crippen LogP contribution >= 0.6 is 15.9 Å². The molecule has 1 aromatic carbocycles. The van der Waals surface area contributed by atoms with Crippen molar-refractivity contribution in [1.82, 2.24) is 9.97 Å². The number of hydrogen-bond acceptors (Lipinski definition) is 7. The summed E-state index contributed by atoms with van der Waals surface area (Å²) in [6.45, 7) is 1.47. The van der Waals surface area contributed by atoms with Crippen LogP contribution in [0, 0.1) is 0 Å². The summed E-state index contributed by atoms with van der Waals surface area (Å²) in [6, 6.07) is 6.36. The summed E-state index contributed by atoms with van der Waals surface area (Å²) >= 11 is 3.12. The van der Waals surface area contributed by atoms with E-state index in [0.29, 0.717) is 5.75 Å². The normalized spacial score (nSPS) is 11.1. The van der Waals surface area contributed by atoms with Gasteiger partial charge in [0.1, 0.15) is 11.5 Å². The molecule has 0 saturated heterocycles. The molecule has 0 spiro atoms. The zero-order chi connectivity index (χ0) is 17.0. The molecular formula is C14H13BrN2O5S. The Bertz CT molecular complexity index is 822. The predicted octanol–water partition coefficient (Wildman–Crippen LogP) is 2.26. The minimum Gasteiger partial charge on any atom is -0.497 e. The van der Waals surface area contributed by atoms with Crippen LogP contribution in [0.4, 0.5) is 0 Å². The van der Waals surface area contributed by atoms with Crippen LogP contribution < -0.4 is 9.47 Å². The Balaban J connectivity index is 2.29. The number of aromatic nitrogens is 2. The van der Waals surface area contributed by atoms with Crippen molar-refractivity contribution in [2.24, 2.45) is 0 Å². The quantitative estimate of drug-likeness (QED) is 0.431. The van der Waals surface area contributed by atoms with E-state index in [1.54, 1.807) is 24.3 Å². The Hall–Kier alpha value is -2.00. The largest absolute Gasteiger partial charge is 0.497 e. The van der Waals surface area contributed by atoms with E-state index in [1.165, 1.54) is 20.2 Å². The first-order chi connectivity index (χ1) is 10.9. The summed E-state index contributed by atoms with van der Waals surface area (Å²) in [6.07, 6.45) is 1.21. The molecule has 2 aromatic rings. The van der Waals surface area contributed by atoms with E-state index in [9.17, 15) is 13.2 Å². The highest BCUT2D eigenvalue weighted by atomic mass is 79.9. The highest BCUT2D eigenvalue weighted by Gasteiger charge is 2.22. The van der Waals surface area contributed by atoms with E-state index in [-0.39, 0.29) is 21.7 Å². The van der Waals surface area contributed by atoms with Gasteiger partial charge in [0.25, 0.3) is 0 Å². The molecule has 0 atom stereocenters. The molecule has 0 radical (unpaired) electrons. The lowest BCUT2D eigenvalue weighted by atomic mass is 10.3. The van der Waals surface area contributed by atoms with Crippen LogP contribution in [0.25, 0.3) is 0 Å². The molecule has 0 bridgehead atoms. The molecular weight excluding hydrogens is 388 g/mol. The second kappa shape index (κ2) is 7.05. The monoisotopic (exact) mass is 400 g/mol. The van der Waals surface area contributed by atoms with Crippen molar-refractivity contribution in [2.45, 2.75) is 12.1 Å². The smallest absolute Gasteiger partial charge is 0.363 e. The highest BCUT2D eigenvalue weighted by Crippen LogP contribution is 2.21. The van der Waals surface area contributed by atoms with Crippen LogP contribution in [0.5, 0.6) is 11.5 Å². The second-order valence-corrected chi connectivity index (χ2v) is 7.34. The van der Waals surface area contributed by atoms with Crippen molar-refractivity contribution < 1.29 is 22.7 Å². The molecule has 1 aromatic heterocycles. The first-order valence-corrected chi connectivity index (χ1v) is 8.93. The lowest BCUT2D eigenvalue weighted by molar-refractivity contribution is 0.0726. The van der Waals surface area contributed by atoms with Gasteiger partial charge >= 0.3 is 5.97 Å². The van der Waals surface area contributed by atoms with Gasteiger partial charge in [-0.05, 0) is 40.2 Å². The van der Waals surface area contributed by atoms with E-state index in [4.69, 9.17) is 9.47 Å². The molecule has 122 valence electrons. The third-order valence-corrected chi connectivity index (χ3v) is 4.94. The first kappa shape index (κ1) is 17.4. The first-order valence-electron chi connectivity index (χ1n) is 6.49. The van der Waals surface area contributed by atoms with Gasteiger partial charge in [0.05, 0.1) is 17.3 Å². The van der Waals surface area contributed by atoms with Gasteiger partial charge in [-0.15, -0.1) is 0 Å². The Morgan fingerprint density at radius 1 is 1.22 bits per heavy atom. The highest BCUT2D eigenvalue weighted by molar-refractivity contribution is 9.10. The molecule has 0 N–H and O–H groups in total. The Morgan fingerprint density at radius 3 is 2.39 bits per heavy atom. The number of methoxy groups -OCH3 is 1. The SMILES string of the molecule is CCS(=O)(=O)c1ncc(Br)c(C(=O)Oc2ccc(OC)cc2)n1. The minimum absolute atomic E-state index is 0.164. The topological polar surface area (TPSA) is 95.5 Å². The van der Waals surface area contributed by atoms with Gasteiger partial charge in [-0.3, -0.25) is 0 Å². The maximum Gasteiger partial charge on any atom is 0.363 e. The number of carbonyl (C=O) groups excluding carboxylic acids is 1. The molecule has 0 saturated carbocycles. The van der Waals surface area contributed by atoms with Crippen molar-refractivity contribution in [1.29, 1.82) is 0 Å². The molecule has 0 aliphatic heterocycles. The molecule has 7 nitrogen and oxygen atoms in total. The Kier molecular flexibility index (Phi) is 5.32. The number of rotatable bonds is 5. The number of sulfone groups is 1. The van der Waals surface area contributed by atoms with Gasteiger partial charge in [-0.2, -0.15) is 0 Å². The fraction of sp³-hybridized carbons (Fsp3) is 0.214. The van der Waals surface area contributed by atoms with E-state index in [1.807, 2.05) is 0 Å². The number of benzene rings is 1. The van der Waals surface area contributed by atoms with Crippen LogP contribution in [-0.2, 0) is 9.84 Å². The molecule has 0 amide bonds. The molecule has 0 unspecified atom stereocenters. The molecule has 0 fully saturated rings. The van der Waals surface area contributed by atoms with E-state index >= 15 is 0 Å². The van der Waals surface area contributed by atoms with E-state index in [2.05, 4.69) is 25.9 Å². The van der Waals surface area contributed by atoms with Gasteiger partial charge < -0.3 is 9.47 Å². The van der Waals surface area contributed by atoms with Gasteiger partial charge in [0.2, 0.25) is 15.0 Å². The molecule has 2 rings (SSSR count). The van der Waals surface area contributed by atoms with Gasteiger partial charge in [-0.1, -0.05) is 6.92 Å². The van der Waals surface area contributed by atoms with Crippen LogP contribution in [0.15, 0.2) is 40.1 Å². The third kappa shape index (κ3) is 4.05. The van der Waals surface area contributed by atoms with Crippen LogP contribution in [-0.4, -0.2) is 37.2 Å². The van der Waals surface area contributed by atoms with Gasteiger partial charge in [-0.25, -0.2) is 23.2 Å². The summed E-state index contributed by atoms with van der Waals surface area (Å²) in [4.78, 5) is 19.7. The van der Waals surface area contributed by atoms with Crippen LogP contribution in [0.3, 0.4) is 0 Å². The zero-order valence-corrected chi connectivity index (χ0v) is 14.7. The number of hydrogen-bond donors (Lipinski definition) is 0. The van der Waals surface area contributed by atoms with E-state index < -0.39 is 21.0 Å². The van der Waals surface area contributed by atoms with Crippen molar-refractivity contribution in [3.8, 4) is 11.5 Å². The molecule has 0 aliphatic carbocycles. The van der Waals surface area contributed by atoms with Crippen LogP contribution in [0.1, 0.15) is 17.4 Å². The van der Waals surface area contributed by atoms with Crippen molar-refractivity contribution in [2.75, 3.05) is 12.9 Å².